The molecule has 0 aromatic rings. The van der Waals surface area contributed by atoms with Crippen LogP contribution < -0.4 is 0 Å². The maximum atomic E-state index is 9.95. The van der Waals surface area contributed by atoms with E-state index in [4.69, 9.17) is 0 Å². The van der Waals surface area contributed by atoms with Crippen molar-refractivity contribution in [1.82, 2.24) is 0 Å². The second kappa shape index (κ2) is 4.27. The van der Waals surface area contributed by atoms with Crippen LogP contribution in [0.25, 0.3) is 0 Å². The Morgan fingerprint density at radius 1 is 1.25 bits per heavy atom. The first-order valence-corrected chi connectivity index (χ1v) is 5.45. The molecule has 1 rings (SSSR count). The smallest absolute Gasteiger partial charge is 0.0680 e. The Balaban J connectivity index is 2.08. The third-order valence-corrected chi connectivity index (χ3v) is 3.05. The molecule has 0 radical (unpaired) electrons. The number of unbranched alkanes of at least 4 members (excludes halogenated alkanes) is 2. The van der Waals surface area contributed by atoms with Crippen molar-refractivity contribution in [2.45, 2.75) is 64.4 Å². The summed E-state index contributed by atoms with van der Waals surface area (Å²) in [5, 5.41) is 9.95. The Morgan fingerprint density at radius 3 is 2.58 bits per heavy atom. The van der Waals surface area contributed by atoms with Gasteiger partial charge in [0.15, 0.2) is 0 Å². The lowest BCUT2D eigenvalue weighted by molar-refractivity contribution is 0.116. The second-order valence-electron chi connectivity index (χ2n) is 4.25. The molecule has 0 saturated heterocycles. The molecule has 1 saturated carbocycles. The number of rotatable bonds is 6. The van der Waals surface area contributed by atoms with E-state index >= 15 is 0 Å². The van der Waals surface area contributed by atoms with E-state index < -0.39 is 0 Å². The highest BCUT2D eigenvalue weighted by Gasteiger charge is 2.50. The number of hydrogen-bond donors (Lipinski definition) is 1. The first kappa shape index (κ1) is 10.0. The van der Waals surface area contributed by atoms with Gasteiger partial charge >= 0.3 is 0 Å². The summed E-state index contributed by atoms with van der Waals surface area (Å²) in [7, 11) is 0. The van der Waals surface area contributed by atoms with Crippen molar-refractivity contribution in [2.75, 3.05) is 0 Å². The van der Waals surface area contributed by atoms with Crippen LogP contribution in [0.15, 0.2) is 0 Å². The summed E-state index contributed by atoms with van der Waals surface area (Å²) in [6.07, 6.45) is 8.32. The van der Waals surface area contributed by atoms with Gasteiger partial charge in [-0.1, -0.05) is 39.5 Å². The van der Waals surface area contributed by atoms with Crippen LogP contribution in [-0.2, 0) is 0 Å². The van der Waals surface area contributed by atoms with Crippen LogP contribution in [0, 0.1) is 5.92 Å². The molecule has 1 aliphatic rings. The number of hydrogen-bond acceptors (Lipinski definition) is 1. The van der Waals surface area contributed by atoms with Gasteiger partial charge in [0, 0.05) is 0 Å². The third-order valence-electron chi connectivity index (χ3n) is 3.05. The fourth-order valence-electron chi connectivity index (χ4n) is 2.07. The lowest BCUT2D eigenvalue weighted by Crippen LogP contribution is -2.10. The molecular weight excluding hydrogens is 148 g/mol. The van der Waals surface area contributed by atoms with Crippen molar-refractivity contribution in [1.29, 1.82) is 0 Å². The molecule has 0 heterocycles. The van der Waals surface area contributed by atoms with Crippen LogP contribution in [0.4, 0.5) is 0 Å². The Bertz CT molecular complexity index is 133. The molecule has 0 aromatic heterocycles. The van der Waals surface area contributed by atoms with Crippen LogP contribution in [0.1, 0.15) is 58.8 Å². The second-order valence-corrected chi connectivity index (χ2v) is 4.25. The molecule has 1 fully saturated rings. The van der Waals surface area contributed by atoms with E-state index in [0.29, 0.717) is 5.92 Å². The molecule has 1 N–H and O–H groups in total. The van der Waals surface area contributed by atoms with Gasteiger partial charge in [-0.3, -0.25) is 0 Å². The van der Waals surface area contributed by atoms with E-state index in [0.717, 1.165) is 12.8 Å². The molecule has 0 amide bonds. The van der Waals surface area contributed by atoms with Gasteiger partial charge in [-0.15, -0.1) is 0 Å². The van der Waals surface area contributed by atoms with E-state index in [2.05, 4.69) is 13.8 Å². The zero-order valence-corrected chi connectivity index (χ0v) is 8.47. The minimum absolute atomic E-state index is 0.231. The average molecular weight is 170 g/mol. The summed E-state index contributed by atoms with van der Waals surface area (Å²) in [5.74, 6) is 0.638. The SMILES string of the molecule is CCCCCC1(O)CC1CCC. The molecule has 0 bridgehead atoms. The van der Waals surface area contributed by atoms with Gasteiger partial charge in [0.05, 0.1) is 5.60 Å². The fraction of sp³-hybridized carbons (Fsp3) is 1.00. The normalized spacial score (nSPS) is 33.8. The lowest BCUT2D eigenvalue weighted by Gasteiger charge is -2.08. The van der Waals surface area contributed by atoms with Gasteiger partial charge in [0.2, 0.25) is 0 Å². The summed E-state index contributed by atoms with van der Waals surface area (Å²) in [4.78, 5) is 0. The predicted octanol–water partition coefficient (Wildman–Crippen LogP) is 3.12. The molecule has 0 spiro atoms. The van der Waals surface area contributed by atoms with Gasteiger partial charge < -0.3 is 5.11 Å². The third kappa shape index (κ3) is 2.48. The molecule has 1 heteroatoms. The quantitative estimate of drug-likeness (QED) is 0.607. The molecular formula is C11H22O. The Morgan fingerprint density at radius 2 is 2.00 bits per heavy atom. The highest BCUT2D eigenvalue weighted by atomic mass is 16.3. The Hall–Kier alpha value is -0.0400. The molecule has 2 unspecified atom stereocenters. The molecule has 0 aliphatic heterocycles. The van der Waals surface area contributed by atoms with Crippen LogP contribution in [-0.4, -0.2) is 10.7 Å². The monoisotopic (exact) mass is 170 g/mol. The zero-order chi connectivity index (χ0) is 9.03. The van der Waals surface area contributed by atoms with E-state index in [1.807, 2.05) is 0 Å². The minimum Gasteiger partial charge on any atom is -0.390 e. The van der Waals surface area contributed by atoms with Crippen molar-refractivity contribution in [2.24, 2.45) is 5.92 Å². The summed E-state index contributed by atoms with van der Waals surface area (Å²) in [5.41, 5.74) is -0.231. The van der Waals surface area contributed by atoms with Crippen LogP contribution in [0.2, 0.25) is 0 Å². The maximum absolute atomic E-state index is 9.95. The van der Waals surface area contributed by atoms with E-state index in [9.17, 15) is 5.11 Å². The van der Waals surface area contributed by atoms with Crippen molar-refractivity contribution in [3.63, 3.8) is 0 Å². The fourth-order valence-corrected chi connectivity index (χ4v) is 2.07. The van der Waals surface area contributed by atoms with E-state index in [1.54, 1.807) is 0 Å². The molecule has 1 nitrogen and oxygen atoms in total. The standard InChI is InChI=1S/C11H22O/c1-3-5-6-8-11(12)9-10(11)7-4-2/h10,12H,3-9H2,1-2H3. The summed E-state index contributed by atoms with van der Waals surface area (Å²) in [6.45, 7) is 4.41. The van der Waals surface area contributed by atoms with E-state index in [-0.39, 0.29) is 5.60 Å². The van der Waals surface area contributed by atoms with Crippen molar-refractivity contribution in [3.8, 4) is 0 Å². The summed E-state index contributed by atoms with van der Waals surface area (Å²) >= 11 is 0. The van der Waals surface area contributed by atoms with Gasteiger partial charge in [-0.05, 0) is 25.2 Å². The Labute approximate surface area is 76.2 Å². The summed E-state index contributed by atoms with van der Waals surface area (Å²) in [6, 6.07) is 0. The highest BCUT2D eigenvalue weighted by molar-refractivity contribution is 5.02. The highest BCUT2D eigenvalue weighted by Crippen LogP contribution is 2.49. The molecule has 12 heavy (non-hydrogen) atoms. The minimum atomic E-state index is -0.231. The molecule has 2 atom stereocenters. The predicted molar refractivity (Wildman–Crippen MR) is 52.1 cm³/mol. The molecule has 72 valence electrons. The van der Waals surface area contributed by atoms with Crippen molar-refractivity contribution in [3.05, 3.63) is 0 Å². The summed E-state index contributed by atoms with van der Waals surface area (Å²) < 4.78 is 0. The average Bonchev–Trinajstić information content (AvgIpc) is 2.64. The maximum Gasteiger partial charge on any atom is 0.0680 e. The van der Waals surface area contributed by atoms with E-state index in [1.165, 1.54) is 32.1 Å². The first-order chi connectivity index (χ1) is 5.73. The number of aliphatic hydroxyl groups is 1. The van der Waals surface area contributed by atoms with Crippen molar-refractivity contribution >= 4 is 0 Å². The lowest BCUT2D eigenvalue weighted by atomic mass is 10.1. The Kier molecular flexibility index (Phi) is 3.57. The molecule has 0 aromatic carbocycles. The molecule has 1 aliphatic carbocycles. The van der Waals surface area contributed by atoms with Crippen LogP contribution in [0.3, 0.4) is 0 Å². The first-order valence-electron chi connectivity index (χ1n) is 5.45. The topological polar surface area (TPSA) is 20.2 Å². The van der Waals surface area contributed by atoms with Gasteiger partial charge in [0.25, 0.3) is 0 Å². The van der Waals surface area contributed by atoms with Crippen LogP contribution in [0.5, 0.6) is 0 Å². The van der Waals surface area contributed by atoms with Gasteiger partial charge in [-0.2, -0.15) is 0 Å². The van der Waals surface area contributed by atoms with Crippen molar-refractivity contribution < 1.29 is 5.11 Å². The van der Waals surface area contributed by atoms with Gasteiger partial charge in [-0.25, -0.2) is 0 Å². The van der Waals surface area contributed by atoms with Crippen LogP contribution >= 0.6 is 0 Å². The van der Waals surface area contributed by atoms with Gasteiger partial charge in [0.1, 0.15) is 0 Å². The zero-order valence-electron chi connectivity index (χ0n) is 8.47. The largest absolute Gasteiger partial charge is 0.390 e.